The molecule has 0 spiro atoms. The van der Waals surface area contributed by atoms with E-state index in [9.17, 15) is 19.5 Å². The number of anilines is 1. The van der Waals surface area contributed by atoms with Gasteiger partial charge in [-0.3, -0.25) is 24.6 Å². The van der Waals surface area contributed by atoms with Crippen molar-refractivity contribution in [1.82, 2.24) is 5.32 Å². The molecular weight excluding hydrogens is 412 g/mol. The van der Waals surface area contributed by atoms with Crippen molar-refractivity contribution >= 4 is 23.5 Å². The molecule has 0 unspecified atom stereocenters. The topological polar surface area (TPSA) is 105 Å². The third-order valence-corrected chi connectivity index (χ3v) is 5.21. The SMILES string of the molecule is CCOC(=O)[C@H](COCc1ccccc1)N[C@H]1CCc2ccccc2N(CC(=O)O)C1=O. The van der Waals surface area contributed by atoms with Crippen LogP contribution in [-0.2, 0) is 36.9 Å². The number of nitrogens with one attached hydrogen (secondary N) is 1. The number of aryl methyl sites for hydroxylation is 1. The number of amides is 1. The van der Waals surface area contributed by atoms with E-state index >= 15 is 0 Å². The molecule has 2 atom stereocenters. The summed E-state index contributed by atoms with van der Waals surface area (Å²) in [6, 6.07) is 15.2. The molecule has 0 bridgehead atoms. The van der Waals surface area contributed by atoms with E-state index in [1.54, 1.807) is 19.1 Å². The standard InChI is InChI=1S/C24H28N2O6/c1-2-32-24(30)20(16-31-15-17-8-4-3-5-9-17)25-19-13-12-18-10-6-7-11-21(18)26(23(19)29)14-22(27)28/h3-11,19-20,25H,2,12-16H2,1H3,(H,27,28)/t19-,20-/m0/s1. The number of carboxylic acid groups (broad SMARTS) is 1. The van der Waals surface area contributed by atoms with Crippen molar-refractivity contribution in [3.8, 4) is 0 Å². The van der Waals surface area contributed by atoms with Crippen molar-refractivity contribution in [1.29, 1.82) is 0 Å². The number of ether oxygens (including phenoxy) is 2. The molecule has 2 aromatic rings. The van der Waals surface area contributed by atoms with Crippen molar-refractivity contribution in [2.75, 3.05) is 24.7 Å². The average Bonchev–Trinajstić information content (AvgIpc) is 2.91. The summed E-state index contributed by atoms with van der Waals surface area (Å²) in [7, 11) is 0. The molecule has 2 aromatic carbocycles. The normalized spacial score (nSPS) is 16.7. The number of esters is 1. The number of carbonyl (C=O) groups excluding carboxylic acids is 2. The minimum Gasteiger partial charge on any atom is -0.480 e. The quantitative estimate of drug-likeness (QED) is 0.546. The predicted octanol–water partition coefficient (Wildman–Crippen LogP) is 2.16. The molecule has 0 aliphatic carbocycles. The fourth-order valence-corrected chi connectivity index (χ4v) is 3.71. The van der Waals surface area contributed by atoms with Crippen LogP contribution in [0, 0.1) is 0 Å². The van der Waals surface area contributed by atoms with Crippen LogP contribution >= 0.6 is 0 Å². The molecule has 0 saturated heterocycles. The lowest BCUT2D eigenvalue weighted by atomic mass is 10.1. The van der Waals surface area contributed by atoms with Crippen LogP contribution in [0.2, 0.25) is 0 Å². The largest absolute Gasteiger partial charge is 0.480 e. The number of nitrogens with zero attached hydrogens (tertiary/aromatic N) is 1. The molecule has 1 heterocycles. The van der Waals surface area contributed by atoms with Gasteiger partial charge in [-0.1, -0.05) is 48.5 Å². The van der Waals surface area contributed by atoms with Gasteiger partial charge in [-0.25, -0.2) is 0 Å². The van der Waals surface area contributed by atoms with Crippen LogP contribution in [0.1, 0.15) is 24.5 Å². The second-order valence-electron chi connectivity index (χ2n) is 7.51. The Morgan fingerprint density at radius 1 is 1.16 bits per heavy atom. The molecule has 0 aromatic heterocycles. The Morgan fingerprint density at radius 2 is 1.88 bits per heavy atom. The van der Waals surface area contributed by atoms with Crippen LogP contribution in [0.25, 0.3) is 0 Å². The molecule has 1 aliphatic rings. The Kier molecular flexibility index (Phi) is 8.35. The summed E-state index contributed by atoms with van der Waals surface area (Å²) in [5, 5.41) is 12.4. The smallest absolute Gasteiger partial charge is 0.325 e. The van der Waals surface area contributed by atoms with Gasteiger partial charge in [0, 0.05) is 5.69 Å². The molecule has 32 heavy (non-hydrogen) atoms. The van der Waals surface area contributed by atoms with Crippen molar-refractivity contribution in [2.24, 2.45) is 0 Å². The Morgan fingerprint density at radius 3 is 2.59 bits per heavy atom. The van der Waals surface area contributed by atoms with Gasteiger partial charge in [-0.05, 0) is 37.0 Å². The van der Waals surface area contributed by atoms with Crippen molar-refractivity contribution in [3.05, 3.63) is 65.7 Å². The summed E-state index contributed by atoms with van der Waals surface area (Å²) in [6.07, 6.45) is 0.983. The number of hydrogen-bond donors (Lipinski definition) is 2. The lowest BCUT2D eigenvalue weighted by molar-refractivity contribution is -0.148. The molecule has 1 aliphatic heterocycles. The first-order valence-electron chi connectivity index (χ1n) is 10.6. The zero-order valence-electron chi connectivity index (χ0n) is 18.0. The number of carbonyl (C=O) groups is 3. The first kappa shape index (κ1) is 23.4. The van der Waals surface area contributed by atoms with Crippen LogP contribution in [-0.4, -0.2) is 54.8 Å². The van der Waals surface area contributed by atoms with E-state index in [1.165, 1.54) is 4.90 Å². The maximum absolute atomic E-state index is 13.3. The lowest BCUT2D eigenvalue weighted by Crippen LogP contribution is -2.54. The maximum atomic E-state index is 13.3. The van der Waals surface area contributed by atoms with E-state index in [1.807, 2.05) is 42.5 Å². The predicted molar refractivity (Wildman–Crippen MR) is 118 cm³/mol. The Labute approximate surface area is 187 Å². The van der Waals surface area contributed by atoms with E-state index in [2.05, 4.69) is 5.32 Å². The summed E-state index contributed by atoms with van der Waals surface area (Å²) >= 11 is 0. The van der Waals surface area contributed by atoms with Crippen molar-refractivity contribution in [3.63, 3.8) is 0 Å². The molecule has 1 amide bonds. The fraction of sp³-hybridized carbons (Fsp3) is 0.375. The van der Waals surface area contributed by atoms with Gasteiger partial charge in [-0.2, -0.15) is 0 Å². The summed E-state index contributed by atoms with van der Waals surface area (Å²) in [6.45, 7) is 1.78. The van der Waals surface area contributed by atoms with E-state index in [4.69, 9.17) is 9.47 Å². The summed E-state index contributed by atoms with van der Waals surface area (Å²) in [5.41, 5.74) is 2.43. The van der Waals surface area contributed by atoms with E-state index < -0.39 is 36.5 Å². The minimum absolute atomic E-state index is 0.0172. The highest BCUT2D eigenvalue weighted by atomic mass is 16.5. The van der Waals surface area contributed by atoms with Crippen LogP contribution < -0.4 is 10.2 Å². The molecule has 8 heteroatoms. The molecule has 8 nitrogen and oxygen atoms in total. The van der Waals surface area contributed by atoms with Gasteiger partial charge in [-0.15, -0.1) is 0 Å². The summed E-state index contributed by atoms with van der Waals surface area (Å²) < 4.78 is 10.9. The maximum Gasteiger partial charge on any atom is 0.325 e. The van der Waals surface area contributed by atoms with Crippen molar-refractivity contribution in [2.45, 2.75) is 38.5 Å². The van der Waals surface area contributed by atoms with Gasteiger partial charge < -0.3 is 14.6 Å². The van der Waals surface area contributed by atoms with Crippen LogP contribution in [0.4, 0.5) is 5.69 Å². The van der Waals surface area contributed by atoms with Gasteiger partial charge >= 0.3 is 11.9 Å². The number of aliphatic carboxylic acids is 1. The van der Waals surface area contributed by atoms with Gasteiger partial charge in [0.15, 0.2) is 0 Å². The Balaban J connectivity index is 1.74. The Hall–Kier alpha value is -3.23. The van der Waals surface area contributed by atoms with Crippen LogP contribution in [0.5, 0.6) is 0 Å². The number of hydrogen-bond acceptors (Lipinski definition) is 6. The lowest BCUT2D eigenvalue weighted by Gasteiger charge is -2.27. The zero-order chi connectivity index (χ0) is 22.9. The minimum atomic E-state index is -1.11. The molecular formula is C24H28N2O6. The highest BCUT2D eigenvalue weighted by molar-refractivity contribution is 6.02. The highest BCUT2D eigenvalue weighted by Crippen LogP contribution is 2.27. The average molecular weight is 440 g/mol. The van der Waals surface area contributed by atoms with Gasteiger partial charge in [0.25, 0.3) is 0 Å². The first-order chi connectivity index (χ1) is 15.5. The number of para-hydroxylation sites is 1. The third-order valence-electron chi connectivity index (χ3n) is 5.21. The molecule has 0 saturated carbocycles. The highest BCUT2D eigenvalue weighted by Gasteiger charge is 2.34. The number of rotatable bonds is 10. The first-order valence-corrected chi connectivity index (χ1v) is 10.6. The van der Waals surface area contributed by atoms with Gasteiger partial charge in [0.2, 0.25) is 5.91 Å². The number of benzene rings is 2. The van der Waals surface area contributed by atoms with Crippen LogP contribution in [0.3, 0.4) is 0 Å². The molecule has 0 radical (unpaired) electrons. The van der Waals surface area contributed by atoms with E-state index in [0.717, 1.165) is 11.1 Å². The van der Waals surface area contributed by atoms with Gasteiger partial charge in [0.05, 0.1) is 25.9 Å². The van der Waals surface area contributed by atoms with E-state index in [0.29, 0.717) is 25.1 Å². The molecule has 2 N–H and O–H groups in total. The molecule has 0 fully saturated rings. The van der Waals surface area contributed by atoms with E-state index in [-0.39, 0.29) is 13.2 Å². The van der Waals surface area contributed by atoms with Gasteiger partial charge in [0.1, 0.15) is 12.6 Å². The summed E-state index contributed by atoms with van der Waals surface area (Å²) in [4.78, 5) is 38.5. The second-order valence-corrected chi connectivity index (χ2v) is 7.51. The van der Waals surface area contributed by atoms with Crippen molar-refractivity contribution < 1.29 is 29.0 Å². The third kappa shape index (κ3) is 6.15. The van der Waals surface area contributed by atoms with Crippen LogP contribution in [0.15, 0.2) is 54.6 Å². The Bertz CT molecular complexity index is 933. The zero-order valence-corrected chi connectivity index (χ0v) is 18.0. The summed E-state index contributed by atoms with van der Waals surface area (Å²) in [5.74, 6) is -2.02. The number of fused-ring (bicyclic) bond motifs is 1. The second kappa shape index (κ2) is 11.4. The molecule has 170 valence electrons. The number of carboxylic acids is 1. The fourth-order valence-electron chi connectivity index (χ4n) is 3.71. The molecule has 3 rings (SSSR count). The monoisotopic (exact) mass is 440 g/mol.